The number of fused-ring (bicyclic) bond motifs is 1. The minimum absolute atomic E-state index is 0.0634. The fourth-order valence-electron chi connectivity index (χ4n) is 3.47. The lowest BCUT2D eigenvalue weighted by molar-refractivity contribution is 0.0108. The first-order valence-electron chi connectivity index (χ1n) is 8.86. The highest BCUT2D eigenvalue weighted by atomic mass is 16.5. The van der Waals surface area contributed by atoms with Crippen LogP contribution in [-0.2, 0) is 11.8 Å². The summed E-state index contributed by atoms with van der Waals surface area (Å²) in [4.78, 5) is 26.9. The average Bonchev–Trinajstić information content (AvgIpc) is 3.43. The third-order valence-corrected chi connectivity index (χ3v) is 5.12. The Morgan fingerprint density at radius 2 is 2.16 bits per heavy atom. The molecule has 1 unspecified atom stereocenters. The van der Waals surface area contributed by atoms with Gasteiger partial charge in [0.2, 0.25) is 0 Å². The third kappa shape index (κ3) is 3.39. The van der Waals surface area contributed by atoms with Gasteiger partial charge in [0.05, 0.1) is 19.3 Å². The number of aryl methyl sites for hydroxylation is 1. The van der Waals surface area contributed by atoms with Crippen molar-refractivity contribution in [1.29, 1.82) is 0 Å². The van der Waals surface area contributed by atoms with Crippen molar-refractivity contribution in [3.05, 3.63) is 40.8 Å². The number of hydrogen-bond donors (Lipinski definition) is 1. The van der Waals surface area contributed by atoms with Gasteiger partial charge in [0.15, 0.2) is 0 Å². The van der Waals surface area contributed by atoms with Gasteiger partial charge in [-0.3, -0.25) is 4.79 Å². The summed E-state index contributed by atoms with van der Waals surface area (Å²) in [7, 11) is 1.73. The molecule has 1 atom stereocenters. The monoisotopic (exact) mass is 341 g/mol. The first kappa shape index (κ1) is 16.1. The molecule has 1 aliphatic heterocycles. The van der Waals surface area contributed by atoms with Gasteiger partial charge in [-0.25, -0.2) is 4.79 Å². The molecular formula is C19H23N3O3. The average molecular weight is 341 g/mol. The maximum atomic E-state index is 12.7. The largest absolute Gasteiger partial charge is 0.377 e. The van der Waals surface area contributed by atoms with Crippen LogP contribution in [0.5, 0.6) is 0 Å². The Bertz CT molecular complexity index is 857. The second-order valence-corrected chi connectivity index (χ2v) is 7.07. The second-order valence-electron chi connectivity index (χ2n) is 7.07. The number of pyridine rings is 1. The molecule has 2 heterocycles. The topological polar surface area (TPSA) is 63.6 Å². The number of carbonyl (C=O) groups is 1. The van der Waals surface area contributed by atoms with Crippen LogP contribution in [0.2, 0.25) is 0 Å². The quantitative estimate of drug-likeness (QED) is 0.933. The van der Waals surface area contributed by atoms with Crippen molar-refractivity contribution in [3.8, 4) is 0 Å². The number of benzene rings is 1. The summed E-state index contributed by atoms with van der Waals surface area (Å²) in [6.07, 6.45) is 5.30. The Kier molecular flexibility index (Phi) is 4.21. The molecule has 1 aromatic heterocycles. The maximum Gasteiger partial charge on any atom is 0.322 e. The van der Waals surface area contributed by atoms with Crippen molar-refractivity contribution in [2.24, 2.45) is 13.0 Å². The van der Waals surface area contributed by atoms with E-state index in [1.807, 2.05) is 23.1 Å². The van der Waals surface area contributed by atoms with Crippen LogP contribution >= 0.6 is 0 Å². The molecular weight excluding hydrogens is 318 g/mol. The summed E-state index contributed by atoms with van der Waals surface area (Å²) in [6.45, 7) is 1.80. The van der Waals surface area contributed by atoms with E-state index in [-0.39, 0.29) is 17.6 Å². The molecule has 2 fully saturated rings. The van der Waals surface area contributed by atoms with Crippen molar-refractivity contribution in [2.45, 2.75) is 25.3 Å². The maximum absolute atomic E-state index is 12.7. The van der Waals surface area contributed by atoms with Crippen LogP contribution in [0, 0.1) is 5.92 Å². The normalized spacial score (nSPS) is 20.7. The van der Waals surface area contributed by atoms with Crippen LogP contribution in [0.1, 0.15) is 19.3 Å². The smallest absolute Gasteiger partial charge is 0.322 e. The molecule has 0 spiro atoms. The predicted molar refractivity (Wildman–Crippen MR) is 96.9 cm³/mol. The van der Waals surface area contributed by atoms with Crippen LogP contribution in [0.25, 0.3) is 10.8 Å². The Morgan fingerprint density at radius 1 is 1.32 bits per heavy atom. The number of ether oxygens (including phenoxy) is 1. The van der Waals surface area contributed by atoms with E-state index in [2.05, 4.69) is 5.32 Å². The van der Waals surface area contributed by atoms with Gasteiger partial charge in [-0.05, 0) is 35.9 Å². The van der Waals surface area contributed by atoms with Gasteiger partial charge in [-0.1, -0.05) is 18.9 Å². The number of amides is 2. The van der Waals surface area contributed by atoms with E-state index in [0.717, 1.165) is 17.7 Å². The molecule has 0 bridgehead atoms. The predicted octanol–water partition coefficient (Wildman–Crippen LogP) is 2.57. The van der Waals surface area contributed by atoms with Gasteiger partial charge in [-0.2, -0.15) is 0 Å². The Balaban J connectivity index is 1.54. The van der Waals surface area contributed by atoms with E-state index in [9.17, 15) is 9.59 Å². The summed E-state index contributed by atoms with van der Waals surface area (Å²) < 4.78 is 7.11. The number of rotatable bonds is 3. The van der Waals surface area contributed by atoms with Gasteiger partial charge in [0.1, 0.15) is 0 Å². The van der Waals surface area contributed by atoms with Crippen LogP contribution in [-0.4, -0.2) is 41.3 Å². The molecule has 2 amide bonds. The lowest BCUT2D eigenvalue weighted by atomic mass is 10.1. The van der Waals surface area contributed by atoms with E-state index in [1.54, 1.807) is 23.9 Å². The van der Waals surface area contributed by atoms with Crippen molar-refractivity contribution in [2.75, 3.05) is 25.1 Å². The third-order valence-electron chi connectivity index (χ3n) is 5.12. The number of nitrogens with zero attached hydrogens (tertiary/aromatic N) is 2. The number of urea groups is 1. The fraction of sp³-hybridized carbons (Fsp3) is 0.474. The molecule has 4 rings (SSSR count). The van der Waals surface area contributed by atoms with Crippen molar-refractivity contribution >= 4 is 22.5 Å². The number of aromatic nitrogens is 1. The molecule has 1 aliphatic carbocycles. The number of anilines is 1. The molecule has 0 radical (unpaired) electrons. The van der Waals surface area contributed by atoms with E-state index in [1.165, 1.54) is 12.8 Å². The summed E-state index contributed by atoms with van der Waals surface area (Å²) >= 11 is 0. The number of morpholine rings is 1. The molecule has 1 N–H and O–H groups in total. The number of hydrogen-bond acceptors (Lipinski definition) is 3. The van der Waals surface area contributed by atoms with Crippen molar-refractivity contribution < 1.29 is 9.53 Å². The Hall–Kier alpha value is -2.34. The molecule has 25 heavy (non-hydrogen) atoms. The highest BCUT2D eigenvalue weighted by molar-refractivity contribution is 5.93. The molecule has 1 saturated heterocycles. The molecule has 2 aromatic rings. The zero-order chi connectivity index (χ0) is 17.4. The van der Waals surface area contributed by atoms with Gasteiger partial charge < -0.3 is 19.5 Å². The van der Waals surface area contributed by atoms with E-state index in [0.29, 0.717) is 30.8 Å². The van der Waals surface area contributed by atoms with Crippen LogP contribution in [0.4, 0.5) is 10.5 Å². The summed E-state index contributed by atoms with van der Waals surface area (Å²) in [5.74, 6) is 0.741. The Labute approximate surface area is 146 Å². The highest BCUT2D eigenvalue weighted by Crippen LogP contribution is 2.35. The minimum atomic E-state index is -0.110. The Morgan fingerprint density at radius 3 is 2.96 bits per heavy atom. The summed E-state index contributed by atoms with van der Waals surface area (Å²) in [5.41, 5.74) is 0.587. The summed E-state index contributed by atoms with van der Waals surface area (Å²) in [5, 5.41) is 4.44. The second kappa shape index (κ2) is 6.52. The van der Waals surface area contributed by atoms with Crippen LogP contribution < -0.4 is 10.9 Å². The standard InChI is InChI=1S/C19H23N3O3/c1-21-7-6-14-4-5-15(11-17(14)18(21)23)20-19(24)22-8-9-25-12-16(22)10-13-2-3-13/h4-7,11,13,16H,2-3,8-10,12H2,1H3,(H,20,24). The van der Waals surface area contributed by atoms with E-state index in [4.69, 9.17) is 4.74 Å². The zero-order valence-corrected chi connectivity index (χ0v) is 14.4. The van der Waals surface area contributed by atoms with Gasteiger partial charge in [0.25, 0.3) is 5.56 Å². The lowest BCUT2D eigenvalue weighted by Gasteiger charge is -2.35. The molecule has 1 aromatic carbocycles. The first-order chi connectivity index (χ1) is 12.1. The molecule has 6 nitrogen and oxygen atoms in total. The minimum Gasteiger partial charge on any atom is -0.377 e. The van der Waals surface area contributed by atoms with E-state index >= 15 is 0 Å². The van der Waals surface area contributed by atoms with Crippen LogP contribution in [0.3, 0.4) is 0 Å². The van der Waals surface area contributed by atoms with Crippen molar-refractivity contribution in [1.82, 2.24) is 9.47 Å². The lowest BCUT2D eigenvalue weighted by Crippen LogP contribution is -2.50. The molecule has 1 saturated carbocycles. The highest BCUT2D eigenvalue weighted by Gasteiger charge is 2.33. The van der Waals surface area contributed by atoms with Gasteiger partial charge >= 0.3 is 6.03 Å². The van der Waals surface area contributed by atoms with Gasteiger partial charge in [-0.15, -0.1) is 0 Å². The SMILES string of the molecule is Cn1ccc2ccc(NC(=O)N3CCOCC3CC3CC3)cc2c1=O. The molecule has 2 aliphatic rings. The fourth-order valence-corrected chi connectivity index (χ4v) is 3.47. The van der Waals surface area contributed by atoms with Crippen molar-refractivity contribution in [3.63, 3.8) is 0 Å². The first-order valence-corrected chi connectivity index (χ1v) is 8.86. The zero-order valence-electron chi connectivity index (χ0n) is 14.4. The summed E-state index contributed by atoms with van der Waals surface area (Å²) in [6, 6.07) is 7.40. The van der Waals surface area contributed by atoms with E-state index < -0.39 is 0 Å². The number of nitrogens with one attached hydrogen (secondary N) is 1. The van der Waals surface area contributed by atoms with Gasteiger partial charge in [0, 0.05) is 30.9 Å². The van der Waals surface area contributed by atoms with Crippen LogP contribution in [0.15, 0.2) is 35.3 Å². The molecule has 132 valence electrons. The number of carbonyl (C=O) groups excluding carboxylic acids is 1. The molecule has 6 heteroatoms.